The van der Waals surface area contributed by atoms with Crippen LogP contribution in [0.4, 0.5) is 13.2 Å². The summed E-state index contributed by atoms with van der Waals surface area (Å²) in [7, 11) is 0. The average molecular weight is 319 g/mol. The van der Waals surface area contributed by atoms with Crippen molar-refractivity contribution >= 4 is 22.6 Å². The molecule has 1 heterocycles. The summed E-state index contributed by atoms with van der Waals surface area (Å²) in [5.74, 6) is 0.771. The minimum Gasteiger partial charge on any atom is -0.321 e. The van der Waals surface area contributed by atoms with Crippen molar-refractivity contribution in [2.45, 2.75) is 51.2 Å². The predicted molar refractivity (Wildman–Crippen MR) is 78.5 cm³/mol. The lowest BCUT2D eigenvalue weighted by molar-refractivity contribution is -0.137. The molecule has 0 atom stereocenters. The van der Waals surface area contributed by atoms with Gasteiger partial charge in [0.1, 0.15) is 5.82 Å². The van der Waals surface area contributed by atoms with Crippen LogP contribution >= 0.6 is 11.6 Å². The molecule has 0 spiro atoms. The van der Waals surface area contributed by atoms with Crippen LogP contribution in [0.5, 0.6) is 0 Å². The van der Waals surface area contributed by atoms with Crippen LogP contribution in [0, 0.1) is 0 Å². The number of rotatable bonds is 4. The van der Waals surface area contributed by atoms with E-state index in [1.807, 2.05) is 18.4 Å². The largest absolute Gasteiger partial charge is 0.416 e. The Balaban J connectivity index is 2.66. The van der Waals surface area contributed by atoms with Crippen molar-refractivity contribution in [2.75, 3.05) is 0 Å². The highest BCUT2D eigenvalue weighted by atomic mass is 35.5. The fraction of sp³-hybridized carbons (Fsp3) is 0.533. The van der Waals surface area contributed by atoms with E-state index in [0.717, 1.165) is 25.0 Å². The molecule has 0 aliphatic heterocycles. The van der Waals surface area contributed by atoms with Gasteiger partial charge in [-0.1, -0.05) is 13.3 Å². The van der Waals surface area contributed by atoms with Gasteiger partial charge in [0.05, 0.1) is 22.5 Å². The number of halogens is 4. The molecular weight excluding hydrogens is 301 g/mol. The fourth-order valence-corrected chi connectivity index (χ4v) is 2.97. The Morgan fingerprint density at radius 2 is 1.90 bits per heavy atom. The van der Waals surface area contributed by atoms with E-state index in [1.165, 1.54) is 6.07 Å². The number of aromatic nitrogens is 2. The van der Waals surface area contributed by atoms with Gasteiger partial charge in [0.25, 0.3) is 0 Å². The van der Waals surface area contributed by atoms with Gasteiger partial charge in [-0.2, -0.15) is 13.2 Å². The molecule has 116 valence electrons. The van der Waals surface area contributed by atoms with Crippen molar-refractivity contribution in [3.05, 3.63) is 29.6 Å². The topological polar surface area (TPSA) is 17.8 Å². The van der Waals surface area contributed by atoms with Gasteiger partial charge in [-0.05, 0) is 38.5 Å². The number of imidazole rings is 1. The number of alkyl halides is 4. The molecule has 0 saturated carbocycles. The zero-order valence-electron chi connectivity index (χ0n) is 12.3. The van der Waals surface area contributed by atoms with E-state index in [0.29, 0.717) is 16.9 Å². The molecule has 0 N–H and O–H groups in total. The molecule has 0 unspecified atom stereocenters. The summed E-state index contributed by atoms with van der Waals surface area (Å²) in [6.45, 7) is 6.17. The maximum absolute atomic E-state index is 12.8. The molecule has 1 aromatic heterocycles. The summed E-state index contributed by atoms with van der Waals surface area (Å²) >= 11 is 5.93. The smallest absolute Gasteiger partial charge is 0.321 e. The molecule has 2 aromatic rings. The summed E-state index contributed by atoms with van der Waals surface area (Å²) in [6, 6.07) is 3.67. The Labute approximate surface area is 126 Å². The van der Waals surface area contributed by atoms with Crippen molar-refractivity contribution in [2.24, 2.45) is 0 Å². The Morgan fingerprint density at radius 3 is 2.43 bits per heavy atom. The highest BCUT2D eigenvalue weighted by molar-refractivity contribution is 6.16. The van der Waals surface area contributed by atoms with Crippen LogP contribution in [0.2, 0.25) is 0 Å². The van der Waals surface area contributed by atoms with E-state index in [1.54, 1.807) is 0 Å². The number of hydrogen-bond acceptors (Lipinski definition) is 1. The standard InChI is InChI=1S/C15H18ClF3N2/c1-4-7-14(2,3)21-12-6-5-10(15(17,18)19)8-11(12)20-13(21)9-16/h5-6,8H,4,7,9H2,1-3H3. The summed E-state index contributed by atoms with van der Waals surface area (Å²) in [6.07, 6.45) is -2.50. The molecular formula is C15H18ClF3N2. The lowest BCUT2D eigenvalue weighted by Crippen LogP contribution is -2.27. The van der Waals surface area contributed by atoms with Crippen LogP contribution in [-0.2, 0) is 17.6 Å². The van der Waals surface area contributed by atoms with Gasteiger partial charge in [-0.15, -0.1) is 11.6 Å². The lowest BCUT2D eigenvalue weighted by Gasteiger charge is -2.29. The molecule has 0 saturated heterocycles. The first-order chi connectivity index (χ1) is 9.70. The van der Waals surface area contributed by atoms with Gasteiger partial charge in [0.2, 0.25) is 0 Å². The summed E-state index contributed by atoms with van der Waals surface area (Å²) < 4.78 is 40.4. The average Bonchev–Trinajstić information content (AvgIpc) is 2.75. The highest BCUT2D eigenvalue weighted by Crippen LogP contribution is 2.34. The Bertz CT molecular complexity index is 644. The molecule has 0 radical (unpaired) electrons. The van der Waals surface area contributed by atoms with Gasteiger partial charge in [-0.3, -0.25) is 0 Å². The number of nitrogens with zero attached hydrogens (tertiary/aromatic N) is 2. The molecule has 21 heavy (non-hydrogen) atoms. The monoisotopic (exact) mass is 318 g/mol. The highest BCUT2D eigenvalue weighted by Gasteiger charge is 2.32. The molecule has 0 bridgehead atoms. The summed E-state index contributed by atoms with van der Waals surface area (Å²) in [5, 5.41) is 0. The van der Waals surface area contributed by atoms with Crippen molar-refractivity contribution in [3.8, 4) is 0 Å². The first-order valence-corrected chi connectivity index (χ1v) is 7.39. The van der Waals surface area contributed by atoms with Gasteiger partial charge >= 0.3 is 6.18 Å². The van der Waals surface area contributed by atoms with Crippen LogP contribution in [0.1, 0.15) is 45.0 Å². The lowest BCUT2D eigenvalue weighted by atomic mass is 9.98. The van der Waals surface area contributed by atoms with E-state index in [2.05, 4.69) is 11.9 Å². The summed E-state index contributed by atoms with van der Waals surface area (Å²) in [5.41, 5.74) is 0.101. The van der Waals surface area contributed by atoms with Crippen LogP contribution in [0.25, 0.3) is 11.0 Å². The van der Waals surface area contributed by atoms with E-state index < -0.39 is 11.7 Å². The normalized spacial score (nSPS) is 13.1. The first kappa shape index (κ1) is 16.1. The number of hydrogen-bond donors (Lipinski definition) is 0. The zero-order chi connectivity index (χ0) is 15.8. The molecule has 0 fully saturated rings. The molecule has 2 nitrogen and oxygen atoms in total. The fourth-order valence-electron chi connectivity index (χ4n) is 2.80. The van der Waals surface area contributed by atoms with Gasteiger partial charge in [0.15, 0.2) is 0 Å². The quantitative estimate of drug-likeness (QED) is 0.697. The van der Waals surface area contributed by atoms with E-state index in [9.17, 15) is 13.2 Å². The van der Waals surface area contributed by atoms with Crippen molar-refractivity contribution in [1.29, 1.82) is 0 Å². The Hall–Kier alpha value is -1.23. The van der Waals surface area contributed by atoms with Crippen LogP contribution in [0.15, 0.2) is 18.2 Å². The molecule has 0 aliphatic carbocycles. The minimum atomic E-state index is -4.36. The molecule has 0 amide bonds. The van der Waals surface area contributed by atoms with Crippen molar-refractivity contribution in [3.63, 3.8) is 0 Å². The third kappa shape index (κ3) is 3.03. The van der Waals surface area contributed by atoms with Crippen LogP contribution in [0.3, 0.4) is 0 Å². The van der Waals surface area contributed by atoms with E-state index >= 15 is 0 Å². The zero-order valence-corrected chi connectivity index (χ0v) is 13.0. The Kier molecular flexibility index (Phi) is 4.24. The first-order valence-electron chi connectivity index (χ1n) is 6.85. The molecule has 0 aliphatic rings. The second-order valence-corrected chi connectivity index (χ2v) is 6.03. The van der Waals surface area contributed by atoms with E-state index in [-0.39, 0.29) is 11.4 Å². The predicted octanol–water partition coefficient (Wildman–Crippen LogP) is 5.33. The SMILES string of the molecule is CCCC(C)(C)n1c(CCl)nc2cc(C(F)(F)F)ccc21. The third-order valence-corrected chi connectivity index (χ3v) is 3.88. The van der Waals surface area contributed by atoms with Gasteiger partial charge < -0.3 is 4.57 Å². The summed E-state index contributed by atoms with van der Waals surface area (Å²) in [4.78, 5) is 4.28. The number of benzene rings is 1. The molecule has 1 aromatic carbocycles. The molecule has 6 heteroatoms. The van der Waals surface area contributed by atoms with Crippen LogP contribution in [-0.4, -0.2) is 9.55 Å². The third-order valence-electron chi connectivity index (χ3n) is 3.64. The van der Waals surface area contributed by atoms with Crippen molar-refractivity contribution in [1.82, 2.24) is 9.55 Å². The maximum atomic E-state index is 12.8. The van der Waals surface area contributed by atoms with Crippen molar-refractivity contribution < 1.29 is 13.2 Å². The molecule has 2 rings (SSSR count). The van der Waals surface area contributed by atoms with Gasteiger partial charge in [-0.25, -0.2) is 4.98 Å². The second kappa shape index (κ2) is 5.52. The Morgan fingerprint density at radius 1 is 1.24 bits per heavy atom. The maximum Gasteiger partial charge on any atom is 0.416 e. The minimum absolute atomic E-state index is 0.170. The van der Waals surface area contributed by atoms with E-state index in [4.69, 9.17) is 11.6 Å². The van der Waals surface area contributed by atoms with Crippen LogP contribution < -0.4 is 0 Å². The number of fused-ring (bicyclic) bond motifs is 1. The second-order valence-electron chi connectivity index (χ2n) is 5.76. The van der Waals surface area contributed by atoms with Gasteiger partial charge in [0, 0.05) is 5.54 Å².